The molecule has 0 radical (unpaired) electrons. The first kappa shape index (κ1) is 16.1. The second-order valence-corrected chi connectivity index (χ2v) is 6.68. The number of hydrogen-bond donors (Lipinski definition) is 2. The molecule has 23 heavy (non-hydrogen) atoms. The quantitative estimate of drug-likeness (QED) is 0.904. The summed E-state index contributed by atoms with van der Waals surface area (Å²) < 4.78 is 2.14. The van der Waals surface area contributed by atoms with Crippen molar-refractivity contribution in [1.29, 1.82) is 0 Å². The van der Waals surface area contributed by atoms with Gasteiger partial charge in [-0.25, -0.2) is 0 Å². The Labute approximate surface area is 141 Å². The summed E-state index contributed by atoms with van der Waals surface area (Å²) in [6.45, 7) is 6.09. The van der Waals surface area contributed by atoms with Crippen LogP contribution < -0.4 is 10.6 Å². The van der Waals surface area contributed by atoms with Crippen LogP contribution in [0.4, 0.5) is 0 Å². The number of rotatable bonds is 4. The second kappa shape index (κ2) is 6.77. The number of hydrogen-bond acceptors (Lipinski definition) is 2. The van der Waals surface area contributed by atoms with Gasteiger partial charge < -0.3 is 15.2 Å². The third kappa shape index (κ3) is 3.59. The third-order valence-corrected chi connectivity index (χ3v) is 4.26. The van der Waals surface area contributed by atoms with E-state index in [2.05, 4.69) is 21.3 Å². The Morgan fingerprint density at radius 3 is 2.96 bits per heavy atom. The first-order valence-electron chi connectivity index (χ1n) is 8.02. The minimum absolute atomic E-state index is 0.0419. The zero-order valence-corrected chi connectivity index (χ0v) is 14.3. The lowest BCUT2D eigenvalue weighted by Crippen LogP contribution is -2.34. The Kier molecular flexibility index (Phi) is 4.74. The topological polar surface area (TPSA) is 46.1 Å². The molecule has 0 saturated carbocycles. The van der Waals surface area contributed by atoms with Gasteiger partial charge in [0.05, 0.1) is 0 Å². The smallest absolute Gasteiger partial charge is 0.240 e. The highest BCUT2D eigenvalue weighted by molar-refractivity contribution is 6.30. The molecule has 122 valence electrons. The SMILES string of the molecule is CC(C)NC(=O)Cn1c(-c2cccc(Cl)c2)cc2c1CCNC2. The van der Waals surface area contributed by atoms with Gasteiger partial charge in [-0.2, -0.15) is 0 Å². The molecule has 0 fully saturated rings. The van der Waals surface area contributed by atoms with Gasteiger partial charge in [0.25, 0.3) is 0 Å². The molecule has 2 aromatic rings. The summed E-state index contributed by atoms with van der Waals surface area (Å²) in [4.78, 5) is 12.3. The second-order valence-electron chi connectivity index (χ2n) is 6.25. The summed E-state index contributed by atoms with van der Waals surface area (Å²) >= 11 is 6.15. The van der Waals surface area contributed by atoms with Crippen molar-refractivity contribution in [2.75, 3.05) is 6.54 Å². The highest BCUT2D eigenvalue weighted by atomic mass is 35.5. The number of amides is 1. The summed E-state index contributed by atoms with van der Waals surface area (Å²) in [6.07, 6.45) is 0.935. The van der Waals surface area contributed by atoms with Crippen molar-refractivity contribution in [3.05, 3.63) is 46.6 Å². The van der Waals surface area contributed by atoms with E-state index in [1.54, 1.807) is 0 Å². The molecule has 0 unspecified atom stereocenters. The number of carbonyl (C=O) groups is 1. The molecule has 2 N–H and O–H groups in total. The number of carbonyl (C=O) groups excluding carboxylic acids is 1. The predicted octanol–water partition coefficient (Wildman–Crippen LogP) is 2.98. The number of aromatic nitrogens is 1. The van der Waals surface area contributed by atoms with Crippen molar-refractivity contribution < 1.29 is 4.79 Å². The summed E-state index contributed by atoms with van der Waals surface area (Å²) in [5.74, 6) is 0.0419. The van der Waals surface area contributed by atoms with Crippen molar-refractivity contribution in [3.63, 3.8) is 0 Å². The van der Waals surface area contributed by atoms with Gasteiger partial charge in [-0.05, 0) is 43.2 Å². The largest absolute Gasteiger partial charge is 0.352 e. The van der Waals surface area contributed by atoms with Crippen molar-refractivity contribution in [2.45, 2.75) is 39.4 Å². The Balaban J connectivity index is 2.01. The maximum Gasteiger partial charge on any atom is 0.240 e. The van der Waals surface area contributed by atoms with Crippen molar-refractivity contribution in [2.24, 2.45) is 0 Å². The number of fused-ring (bicyclic) bond motifs is 1. The number of halogens is 1. The molecule has 0 aliphatic carbocycles. The molecule has 1 aromatic heterocycles. The molecular formula is C18H22ClN3O. The van der Waals surface area contributed by atoms with Crippen molar-refractivity contribution >= 4 is 17.5 Å². The zero-order valence-electron chi connectivity index (χ0n) is 13.5. The van der Waals surface area contributed by atoms with Crippen LogP contribution in [0.15, 0.2) is 30.3 Å². The Morgan fingerprint density at radius 2 is 2.22 bits per heavy atom. The van der Waals surface area contributed by atoms with Gasteiger partial charge in [0.1, 0.15) is 6.54 Å². The van der Waals surface area contributed by atoms with Crippen LogP contribution in [-0.4, -0.2) is 23.1 Å². The van der Waals surface area contributed by atoms with E-state index in [1.165, 1.54) is 11.3 Å². The van der Waals surface area contributed by atoms with E-state index in [0.29, 0.717) is 11.6 Å². The molecule has 2 heterocycles. The van der Waals surface area contributed by atoms with Gasteiger partial charge in [0.2, 0.25) is 5.91 Å². The summed E-state index contributed by atoms with van der Waals surface area (Å²) in [5, 5.41) is 7.07. The zero-order chi connectivity index (χ0) is 16.4. The van der Waals surface area contributed by atoms with E-state index in [9.17, 15) is 4.79 Å². The van der Waals surface area contributed by atoms with Crippen LogP contribution in [0.3, 0.4) is 0 Å². The van der Waals surface area contributed by atoms with Gasteiger partial charge in [-0.15, -0.1) is 0 Å². The van der Waals surface area contributed by atoms with Crippen LogP contribution >= 0.6 is 11.6 Å². The predicted molar refractivity (Wildman–Crippen MR) is 93.6 cm³/mol. The molecule has 0 saturated heterocycles. The highest BCUT2D eigenvalue weighted by Gasteiger charge is 2.20. The van der Waals surface area contributed by atoms with E-state index in [1.807, 2.05) is 38.1 Å². The first-order chi connectivity index (χ1) is 11.0. The lowest BCUT2D eigenvalue weighted by atomic mass is 10.1. The van der Waals surface area contributed by atoms with Gasteiger partial charge >= 0.3 is 0 Å². The molecule has 5 heteroatoms. The molecule has 1 aliphatic rings. The number of nitrogens with one attached hydrogen (secondary N) is 2. The van der Waals surface area contributed by atoms with Crippen LogP contribution in [-0.2, 0) is 24.3 Å². The Morgan fingerprint density at radius 1 is 1.39 bits per heavy atom. The molecule has 0 spiro atoms. The molecule has 3 rings (SSSR count). The van der Waals surface area contributed by atoms with Crippen LogP contribution in [0.2, 0.25) is 5.02 Å². The van der Waals surface area contributed by atoms with Crippen LogP contribution in [0.5, 0.6) is 0 Å². The summed E-state index contributed by atoms with van der Waals surface area (Å²) in [7, 11) is 0. The fraction of sp³-hybridized carbons (Fsp3) is 0.389. The maximum atomic E-state index is 12.3. The number of benzene rings is 1. The monoisotopic (exact) mass is 331 g/mol. The van der Waals surface area contributed by atoms with Gasteiger partial charge in [-0.1, -0.05) is 23.7 Å². The minimum atomic E-state index is 0.0419. The molecule has 4 nitrogen and oxygen atoms in total. The summed E-state index contributed by atoms with van der Waals surface area (Å²) in [6, 6.07) is 10.1. The molecule has 0 atom stereocenters. The molecule has 1 aromatic carbocycles. The fourth-order valence-corrected chi connectivity index (χ4v) is 3.29. The van der Waals surface area contributed by atoms with E-state index in [4.69, 9.17) is 11.6 Å². The van der Waals surface area contributed by atoms with E-state index < -0.39 is 0 Å². The minimum Gasteiger partial charge on any atom is -0.352 e. The standard InChI is InChI=1S/C18H22ClN3O/c1-12(2)21-18(23)11-22-16-6-7-20-10-14(16)9-17(22)13-4-3-5-15(19)8-13/h3-5,8-9,12,20H,6-7,10-11H2,1-2H3,(H,21,23). The van der Waals surface area contributed by atoms with Crippen LogP contribution in [0.1, 0.15) is 25.1 Å². The highest BCUT2D eigenvalue weighted by Crippen LogP contribution is 2.29. The van der Waals surface area contributed by atoms with Crippen LogP contribution in [0.25, 0.3) is 11.3 Å². The lowest BCUT2D eigenvalue weighted by Gasteiger charge is -2.18. The van der Waals surface area contributed by atoms with Gasteiger partial charge in [0.15, 0.2) is 0 Å². The lowest BCUT2D eigenvalue weighted by molar-refractivity contribution is -0.122. The fourth-order valence-electron chi connectivity index (χ4n) is 3.10. The number of nitrogens with zero attached hydrogens (tertiary/aromatic N) is 1. The normalized spacial score (nSPS) is 13.9. The van der Waals surface area contributed by atoms with E-state index in [-0.39, 0.29) is 11.9 Å². The third-order valence-electron chi connectivity index (χ3n) is 4.02. The molecular weight excluding hydrogens is 310 g/mol. The van der Waals surface area contributed by atoms with E-state index >= 15 is 0 Å². The molecule has 0 bridgehead atoms. The average molecular weight is 332 g/mol. The van der Waals surface area contributed by atoms with E-state index in [0.717, 1.165) is 30.8 Å². The van der Waals surface area contributed by atoms with Crippen molar-refractivity contribution in [1.82, 2.24) is 15.2 Å². The van der Waals surface area contributed by atoms with Crippen LogP contribution in [0, 0.1) is 0 Å². The molecule has 1 amide bonds. The molecule has 1 aliphatic heterocycles. The summed E-state index contributed by atoms with van der Waals surface area (Å²) in [5.41, 5.74) is 4.62. The van der Waals surface area contributed by atoms with Crippen molar-refractivity contribution in [3.8, 4) is 11.3 Å². The Hall–Kier alpha value is -1.78. The van der Waals surface area contributed by atoms with Gasteiger partial charge in [-0.3, -0.25) is 4.79 Å². The maximum absolute atomic E-state index is 12.3. The Bertz CT molecular complexity index is 721. The first-order valence-corrected chi connectivity index (χ1v) is 8.39. The van der Waals surface area contributed by atoms with Gasteiger partial charge in [0, 0.05) is 42.0 Å². The average Bonchev–Trinajstić information content (AvgIpc) is 2.85.